The second kappa shape index (κ2) is 12.2. The predicted octanol–water partition coefficient (Wildman–Crippen LogP) is 7.01. The zero-order valence-corrected chi connectivity index (χ0v) is 25.6. The monoisotopic (exact) mass is 775 g/mol. The number of halogens is 9. The fraction of sp³-hybridized carbons (Fsp3) is 0.778. The van der Waals surface area contributed by atoms with Gasteiger partial charge in [0, 0.05) is 34.2 Å². The first-order valence-corrected chi connectivity index (χ1v) is 13.4. The van der Waals surface area contributed by atoms with Crippen molar-refractivity contribution in [1.82, 2.24) is 4.90 Å². The minimum Gasteiger partial charge on any atom is -0.508 e. The molecule has 2 saturated carbocycles. The van der Waals surface area contributed by atoms with Gasteiger partial charge in [0.2, 0.25) is 0 Å². The molecule has 0 amide bonds. The van der Waals surface area contributed by atoms with Crippen LogP contribution in [0.3, 0.4) is 0 Å². The van der Waals surface area contributed by atoms with E-state index in [9.17, 15) is 44.6 Å². The molecule has 0 spiro atoms. The Hall–Kier alpha value is -1.04. The van der Waals surface area contributed by atoms with Gasteiger partial charge in [0.05, 0.1) is 19.3 Å². The largest absolute Gasteiger partial charge is 0.508 e. The SMILES string of the molecule is CN(CCO[C@H]1CCC2C3CCc4cc(O)ccc4C3CC[C@@]21C)CCOC(C(F)(F)F)(C(F)(F)F)C(F)(F)F.[W]. The first-order valence-electron chi connectivity index (χ1n) is 13.4. The summed E-state index contributed by atoms with van der Waals surface area (Å²) in [4.78, 5) is 1.28. The van der Waals surface area contributed by atoms with Gasteiger partial charge in [-0.2, -0.15) is 39.5 Å². The van der Waals surface area contributed by atoms with Crippen LogP contribution in [0.5, 0.6) is 5.75 Å². The number of ether oxygens (including phenoxy) is 2. The molecule has 3 unspecified atom stereocenters. The van der Waals surface area contributed by atoms with Crippen LogP contribution in [0, 0.1) is 17.3 Å². The molecule has 2 fully saturated rings. The molecule has 4 rings (SSSR count). The second-order valence-corrected chi connectivity index (χ2v) is 11.6. The van der Waals surface area contributed by atoms with E-state index < -0.39 is 37.3 Å². The molecule has 0 radical (unpaired) electrons. The summed E-state index contributed by atoms with van der Waals surface area (Å²) in [6.07, 6.45) is -14.6. The Labute approximate surface area is 247 Å². The molecule has 0 aromatic heterocycles. The molecule has 0 saturated heterocycles. The van der Waals surface area contributed by atoms with Crippen molar-refractivity contribution >= 4 is 0 Å². The van der Waals surface area contributed by atoms with Crippen molar-refractivity contribution < 1.29 is 75.2 Å². The molecule has 1 aromatic rings. The Morgan fingerprint density at radius 3 is 2.12 bits per heavy atom. The Bertz CT molecular complexity index is 1010. The number of hydrogen-bond donors (Lipinski definition) is 1. The molecule has 1 N–H and O–H groups in total. The molecule has 234 valence electrons. The van der Waals surface area contributed by atoms with E-state index >= 15 is 0 Å². The number of aryl methyl sites for hydroxylation is 1. The van der Waals surface area contributed by atoms with E-state index in [0.717, 1.165) is 38.5 Å². The van der Waals surface area contributed by atoms with Crippen LogP contribution < -0.4 is 0 Å². The molecule has 0 heterocycles. The summed E-state index contributed by atoms with van der Waals surface area (Å²) < 4.78 is 127. The molecule has 3 aliphatic carbocycles. The van der Waals surface area contributed by atoms with Crippen LogP contribution in [0.2, 0.25) is 0 Å². The van der Waals surface area contributed by atoms with Gasteiger partial charge in [-0.3, -0.25) is 0 Å². The number of fused-ring (bicyclic) bond motifs is 5. The molecule has 5 atom stereocenters. The van der Waals surface area contributed by atoms with E-state index in [1.54, 1.807) is 6.07 Å². The molecule has 0 aliphatic heterocycles. The van der Waals surface area contributed by atoms with Crippen molar-refractivity contribution in [3.05, 3.63) is 29.3 Å². The third kappa shape index (κ3) is 6.29. The number of hydrogen-bond acceptors (Lipinski definition) is 4. The number of aromatic hydroxyl groups is 1. The summed E-state index contributed by atoms with van der Waals surface area (Å²) in [5, 5.41) is 9.85. The zero-order valence-electron chi connectivity index (χ0n) is 22.6. The number of phenolic OH excluding ortho intramolecular Hbond substituents is 1. The Kier molecular flexibility index (Phi) is 10.2. The number of alkyl halides is 9. The van der Waals surface area contributed by atoms with Crippen LogP contribution in [0.1, 0.15) is 56.1 Å². The van der Waals surface area contributed by atoms with Crippen LogP contribution in [0.15, 0.2) is 18.2 Å². The maximum absolute atomic E-state index is 13.0. The van der Waals surface area contributed by atoms with Crippen molar-refractivity contribution in [1.29, 1.82) is 0 Å². The maximum atomic E-state index is 13.0. The van der Waals surface area contributed by atoms with Gasteiger partial charge in [0.25, 0.3) is 0 Å². The quantitative estimate of drug-likeness (QED) is 0.289. The zero-order chi connectivity index (χ0) is 29.7. The summed E-state index contributed by atoms with van der Waals surface area (Å²) in [6.45, 7) is 0.418. The maximum Gasteiger partial charge on any atom is 0.435 e. The van der Waals surface area contributed by atoms with Gasteiger partial charge >= 0.3 is 24.1 Å². The average Bonchev–Trinajstić information content (AvgIpc) is 3.15. The molecule has 14 heteroatoms. The molecule has 41 heavy (non-hydrogen) atoms. The summed E-state index contributed by atoms with van der Waals surface area (Å²) in [5.74, 6) is 1.61. The summed E-state index contributed by atoms with van der Waals surface area (Å²) in [5.41, 5.74) is -3.84. The van der Waals surface area contributed by atoms with E-state index in [0.29, 0.717) is 17.8 Å². The van der Waals surface area contributed by atoms with Crippen LogP contribution in [0.4, 0.5) is 39.5 Å². The van der Waals surface area contributed by atoms with E-state index in [1.165, 1.54) is 23.1 Å². The molecule has 3 aliphatic rings. The average molecular weight is 775 g/mol. The standard InChI is InChI=1S/C27H34F9NO3.W/c1-23-10-9-19-18-6-4-17(38)15-16(18)3-5-20(19)21(23)7-8-22(23)39-13-11-37(2)12-14-40-24(25(28,29)30,26(31,32)33)27(34,35)36;/h4,6,15,19-22,38H,3,5,7-14H2,1-2H3;/t19?,20?,21?,22-,23-;/m0./s1. The van der Waals surface area contributed by atoms with E-state index in [1.807, 2.05) is 12.1 Å². The Balaban J connectivity index is 0.00000462. The van der Waals surface area contributed by atoms with Gasteiger partial charge in [0.15, 0.2) is 0 Å². The molecule has 0 bridgehead atoms. The van der Waals surface area contributed by atoms with Crippen molar-refractivity contribution in [2.45, 2.75) is 81.6 Å². The normalized spacial score (nSPS) is 28.6. The van der Waals surface area contributed by atoms with Crippen LogP contribution >= 0.6 is 0 Å². The van der Waals surface area contributed by atoms with E-state index in [-0.39, 0.29) is 51.5 Å². The number of rotatable bonds is 8. The van der Waals surface area contributed by atoms with Crippen LogP contribution in [0.25, 0.3) is 0 Å². The predicted molar refractivity (Wildman–Crippen MR) is 127 cm³/mol. The first kappa shape index (κ1) is 34.4. The summed E-state index contributed by atoms with van der Waals surface area (Å²) in [6, 6.07) is 5.60. The summed E-state index contributed by atoms with van der Waals surface area (Å²) in [7, 11) is 1.37. The topological polar surface area (TPSA) is 41.9 Å². The summed E-state index contributed by atoms with van der Waals surface area (Å²) >= 11 is 0. The van der Waals surface area contributed by atoms with E-state index in [2.05, 4.69) is 11.7 Å². The van der Waals surface area contributed by atoms with Gasteiger partial charge in [-0.25, -0.2) is 0 Å². The molecular formula is C27H34F9NO3W. The van der Waals surface area contributed by atoms with E-state index in [4.69, 9.17) is 4.74 Å². The smallest absolute Gasteiger partial charge is 0.435 e. The third-order valence-electron chi connectivity index (χ3n) is 9.40. The third-order valence-corrected chi connectivity index (χ3v) is 9.40. The van der Waals surface area contributed by atoms with Crippen molar-refractivity contribution in [2.75, 3.05) is 33.4 Å². The van der Waals surface area contributed by atoms with Gasteiger partial charge in [0.1, 0.15) is 5.75 Å². The first-order chi connectivity index (χ1) is 18.4. The Morgan fingerprint density at radius 2 is 1.51 bits per heavy atom. The van der Waals surface area contributed by atoms with Crippen molar-refractivity contribution in [3.8, 4) is 5.75 Å². The molecule has 4 nitrogen and oxygen atoms in total. The second-order valence-electron chi connectivity index (χ2n) is 11.6. The van der Waals surface area contributed by atoms with Gasteiger partial charge in [-0.15, -0.1) is 0 Å². The van der Waals surface area contributed by atoms with Crippen LogP contribution in [-0.4, -0.2) is 73.6 Å². The number of benzene rings is 1. The van der Waals surface area contributed by atoms with Gasteiger partial charge in [-0.05, 0) is 92.0 Å². The fourth-order valence-electron chi connectivity index (χ4n) is 7.34. The van der Waals surface area contributed by atoms with Crippen molar-refractivity contribution in [3.63, 3.8) is 0 Å². The molecule has 1 aromatic carbocycles. The number of phenols is 1. The van der Waals surface area contributed by atoms with Crippen molar-refractivity contribution in [2.24, 2.45) is 17.3 Å². The minimum absolute atomic E-state index is 0. The Morgan fingerprint density at radius 1 is 0.902 bits per heavy atom. The molecular weight excluding hydrogens is 741 g/mol. The van der Waals surface area contributed by atoms with Gasteiger partial charge < -0.3 is 19.5 Å². The number of nitrogens with zero attached hydrogens (tertiary/aromatic N) is 1. The van der Waals surface area contributed by atoms with Gasteiger partial charge in [-0.1, -0.05) is 13.0 Å². The van der Waals surface area contributed by atoms with Crippen LogP contribution in [-0.2, 0) is 37.0 Å². The number of likely N-dealkylation sites (N-methyl/N-ethyl adjacent to an activating group) is 1. The minimum atomic E-state index is -6.74. The fourth-order valence-corrected chi connectivity index (χ4v) is 7.34.